The Bertz CT molecular complexity index is 3620. The molecule has 0 bridgehead atoms. The Morgan fingerprint density at radius 2 is 1.00 bits per heavy atom. The van der Waals surface area contributed by atoms with Crippen molar-refractivity contribution in [2.45, 2.75) is 13.3 Å². The number of para-hydroxylation sites is 2. The van der Waals surface area contributed by atoms with Crippen LogP contribution >= 0.6 is 0 Å². The average molecular weight is 831 g/mol. The third-order valence-electron chi connectivity index (χ3n) is 13.3. The molecular weight excluding hydrogens is 785 g/mol. The van der Waals surface area contributed by atoms with Gasteiger partial charge in [-0.25, -0.2) is 0 Å². The van der Waals surface area contributed by atoms with Gasteiger partial charge in [0, 0.05) is 33.4 Å². The monoisotopic (exact) mass is 830 g/mol. The predicted molar refractivity (Wildman–Crippen MR) is 278 cm³/mol. The number of rotatable bonds is 8. The summed E-state index contributed by atoms with van der Waals surface area (Å²) in [4.78, 5) is 2.42. The lowest BCUT2D eigenvalue weighted by molar-refractivity contribution is 0.749. The highest BCUT2D eigenvalue weighted by molar-refractivity contribution is 6.14. The van der Waals surface area contributed by atoms with Crippen LogP contribution in [0.2, 0.25) is 0 Å². The van der Waals surface area contributed by atoms with Gasteiger partial charge in [0.15, 0.2) is 0 Å². The molecule has 0 amide bonds. The third kappa shape index (κ3) is 6.92. The Balaban J connectivity index is 1.01. The van der Waals surface area contributed by atoms with E-state index in [2.05, 4.69) is 259 Å². The van der Waals surface area contributed by atoms with Gasteiger partial charge in [0.1, 0.15) is 0 Å². The van der Waals surface area contributed by atoms with Gasteiger partial charge in [-0.2, -0.15) is 0 Å². The molecular formula is C63H46N2. The molecule has 1 unspecified atom stereocenters. The predicted octanol–water partition coefficient (Wildman–Crippen LogP) is 17.5. The molecule has 0 saturated carbocycles. The summed E-state index contributed by atoms with van der Waals surface area (Å²) in [6, 6.07) is 82.4. The standard InChI is InChI=1S/C63H46N2/c1-43-15-13-22-50(39-43)59-42-53(37-38-57(59)56-26-14-21-46-18-7-8-23-54(46)56)64(51-33-29-45(30-34-51)44-16-3-2-4-17-44)52-35-31-47(32-36-52)55-24-9-11-27-61(55)65-62-28-12-10-25-58(62)60-40-48-19-5-6-20-49(48)41-63(60)65/h2-38,40-43H,39H2,1H3. The first-order chi connectivity index (χ1) is 32.1. The second-order valence-electron chi connectivity index (χ2n) is 17.4. The van der Waals surface area contributed by atoms with E-state index in [9.17, 15) is 0 Å². The van der Waals surface area contributed by atoms with E-state index < -0.39 is 0 Å². The molecule has 11 aromatic rings. The molecule has 0 aliphatic heterocycles. The van der Waals surface area contributed by atoms with Crippen LogP contribution in [0.15, 0.2) is 243 Å². The zero-order chi connectivity index (χ0) is 43.3. The van der Waals surface area contributed by atoms with Crippen molar-refractivity contribution in [1.82, 2.24) is 4.57 Å². The van der Waals surface area contributed by atoms with Crippen molar-refractivity contribution in [3.05, 3.63) is 248 Å². The highest BCUT2D eigenvalue weighted by atomic mass is 15.1. The van der Waals surface area contributed by atoms with Crippen molar-refractivity contribution in [2.24, 2.45) is 5.92 Å². The Kier molecular flexibility index (Phi) is 9.57. The van der Waals surface area contributed by atoms with E-state index in [-0.39, 0.29) is 0 Å². The summed E-state index contributed by atoms with van der Waals surface area (Å²) in [7, 11) is 0. The molecule has 1 aliphatic carbocycles. The quantitative estimate of drug-likeness (QED) is 0.148. The minimum atomic E-state index is 0.456. The van der Waals surface area contributed by atoms with Gasteiger partial charge < -0.3 is 9.47 Å². The second kappa shape index (κ2) is 16.2. The number of fused-ring (bicyclic) bond motifs is 5. The molecule has 0 spiro atoms. The van der Waals surface area contributed by atoms with Crippen LogP contribution in [-0.2, 0) is 0 Å². The molecule has 308 valence electrons. The van der Waals surface area contributed by atoms with Crippen LogP contribution in [0.4, 0.5) is 17.1 Å². The van der Waals surface area contributed by atoms with E-state index in [1.807, 2.05) is 0 Å². The SMILES string of the molecule is CC1C=CC=C(c2cc(N(c3ccc(-c4ccccc4)cc3)c3ccc(-c4ccccc4-n4c5ccccc5c5cc6ccccc6cc54)cc3)ccc2-c2cccc3ccccc23)C1. The fourth-order valence-electron chi connectivity index (χ4n) is 10.2. The lowest BCUT2D eigenvalue weighted by Gasteiger charge is -2.28. The molecule has 0 fully saturated rings. The fourth-order valence-corrected chi connectivity index (χ4v) is 10.2. The van der Waals surface area contributed by atoms with E-state index in [0.717, 1.165) is 34.7 Å². The molecule has 0 saturated heterocycles. The molecule has 2 heteroatoms. The van der Waals surface area contributed by atoms with Gasteiger partial charge >= 0.3 is 0 Å². The number of hydrogen-bond donors (Lipinski definition) is 0. The summed E-state index contributed by atoms with van der Waals surface area (Å²) in [6.07, 6.45) is 7.86. The van der Waals surface area contributed by atoms with Crippen LogP contribution in [0.3, 0.4) is 0 Å². The summed E-state index contributed by atoms with van der Waals surface area (Å²) in [5, 5.41) is 7.53. The number of benzene rings is 10. The summed E-state index contributed by atoms with van der Waals surface area (Å²) >= 11 is 0. The van der Waals surface area contributed by atoms with E-state index in [4.69, 9.17) is 0 Å². The first kappa shape index (κ1) is 38.5. The number of aromatic nitrogens is 1. The molecule has 0 N–H and O–H groups in total. The smallest absolute Gasteiger partial charge is 0.0547 e. The zero-order valence-corrected chi connectivity index (χ0v) is 36.3. The van der Waals surface area contributed by atoms with Crippen molar-refractivity contribution < 1.29 is 0 Å². The van der Waals surface area contributed by atoms with Gasteiger partial charge in [-0.3, -0.25) is 0 Å². The highest BCUT2D eigenvalue weighted by Crippen LogP contribution is 2.44. The minimum Gasteiger partial charge on any atom is -0.310 e. The molecule has 0 radical (unpaired) electrons. The van der Waals surface area contributed by atoms with Crippen molar-refractivity contribution in [3.63, 3.8) is 0 Å². The largest absolute Gasteiger partial charge is 0.310 e. The molecule has 12 rings (SSSR count). The van der Waals surface area contributed by atoms with Crippen molar-refractivity contribution in [3.8, 4) is 39.1 Å². The maximum absolute atomic E-state index is 2.45. The molecule has 2 nitrogen and oxygen atoms in total. The topological polar surface area (TPSA) is 8.17 Å². The molecule has 1 aromatic heterocycles. The van der Waals surface area contributed by atoms with Crippen LogP contribution < -0.4 is 4.90 Å². The van der Waals surface area contributed by atoms with Crippen LogP contribution in [0.5, 0.6) is 0 Å². The number of nitrogens with zero attached hydrogens (tertiary/aromatic N) is 2. The van der Waals surface area contributed by atoms with Crippen LogP contribution in [0.25, 0.3) is 88.0 Å². The number of allylic oxidation sites excluding steroid dienone is 4. The molecule has 1 aliphatic rings. The Labute approximate surface area is 380 Å². The summed E-state index contributed by atoms with van der Waals surface area (Å²) in [6.45, 7) is 2.31. The minimum absolute atomic E-state index is 0.456. The van der Waals surface area contributed by atoms with Gasteiger partial charge in [-0.15, -0.1) is 0 Å². The van der Waals surface area contributed by atoms with Crippen molar-refractivity contribution >= 4 is 66.0 Å². The van der Waals surface area contributed by atoms with Crippen LogP contribution in [-0.4, -0.2) is 4.57 Å². The normalized spacial score (nSPS) is 13.7. The van der Waals surface area contributed by atoms with E-state index >= 15 is 0 Å². The summed E-state index contributed by atoms with van der Waals surface area (Å²) < 4.78 is 2.45. The summed E-state index contributed by atoms with van der Waals surface area (Å²) in [5.74, 6) is 0.456. The van der Waals surface area contributed by atoms with Gasteiger partial charge in [0.2, 0.25) is 0 Å². The number of hydrogen-bond acceptors (Lipinski definition) is 1. The van der Waals surface area contributed by atoms with Gasteiger partial charge in [0.25, 0.3) is 0 Å². The lowest BCUT2D eigenvalue weighted by atomic mass is 9.85. The van der Waals surface area contributed by atoms with Gasteiger partial charge in [-0.1, -0.05) is 189 Å². The fraction of sp³-hybridized carbons (Fsp3) is 0.0476. The second-order valence-corrected chi connectivity index (χ2v) is 17.4. The highest BCUT2D eigenvalue weighted by Gasteiger charge is 2.21. The van der Waals surface area contributed by atoms with E-state index in [1.165, 1.54) is 82.3 Å². The average Bonchev–Trinajstić information content (AvgIpc) is 3.69. The van der Waals surface area contributed by atoms with Gasteiger partial charge in [0.05, 0.1) is 16.7 Å². The zero-order valence-electron chi connectivity index (χ0n) is 36.3. The Hall–Kier alpha value is -8.20. The van der Waals surface area contributed by atoms with Crippen LogP contribution in [0, 0.1) is 5.92 Å². The van der Waals surface area contributed by atoms with Crippen LogP contribution in [0.1, 0.15) is 18.9 Å². The summed E-state index contributed by atoms with van der Waals surface area (Å²) in [5.41, 5.74) is 16.8. The Morgan fingerprint density at radius 3 is 1.78 bits per heavy atom. The van der Waals surface area contributed by atoms with E-state index in [1.54, 1.807) is 0 Å². The first-order valence-electron chi connectivity index (χ1n) is 22.7. The number of anilines is 3. The molecule has 1 heterocycles. The van der Waals surface area contributed by atoms with Gasteiger partial charge in [-0.05, 0) is 134 Å². The first-order valence-corrected chi connectivity index (χ1v) is 22.7. The molecule has 65 heavy (non-hydrogen) atoms. The lowest BCUT2D eigenvalue weighted by Crippen LogP contribution is -2.11. The maximum Gasteiger partial charge on any atom is 0.0547 e. The van der Waals surface area contributed by atoms with Crippen molar-refractivity contribution in [1.29, 1.82) is 0 Å². The van der Waals surface area contributed by atoms with Crippen molar-refractivity contribution in [2.75, 3.05) is 4.90 Å². The molecule has 1 atom stereocenters. The van der Waals surface area contributed by atoms with E-state index in [0.29, 0.717) is 5.92 Å². The third-order valence-corrected chi connectivity index (χ3v) is 13.3. The molecule has 10 aromatic carbocycles. The Morgan fingerprint density at radius 1 is 0.400 bits per heavy atom. The maximum atomic E-state index is 2.45.